The summed E-state index contributed by atoms with van der Waals surface area (Å²) in [6, 6.07) is 3.93. The Balaban J connectivity index is 1.90. The fourth-order valence-corrected chi connectivity index (χ4v) is 4.54. The lowest BCUT2D eigenvalue weighted by Crippen LogP contribution is -2.33. The van der Waals surface area contributed by atoms with E-state index in [0.717, 1.165) is 22.3 Å². The van der Waals surface area contributed by atoms with E-state index in [0.29, 0.717) is 32.1 Å². The summed E-state index contributed by atoms with van der Waals surface area (Å²) in [5, 5.41) is 20.8. The molecule has 172 valence electrons. The highest BCUT2D eigenvalue weighted by atomic mass is 16.6. The van der Waals surface area contributed by atoms with Gasteiger partial charge in [-0.05, 0) is 69.1 Å². The van der Waals surface area contributed by atoms with Crippen LogP contribution < -0.4 is 0 Å². The maximum absolute atomic E-state index is 12.9. The molecule has 0 amide bonds. The largest absolute Gasteiger partial charge is 0.462 e. The molecule has 3 rings (SSSR count). The van der Waals surface area contributed by atoms with Gasteiger partial charge in [0.1, 0.15) is 12.2 Å². The number of benzene rings is 1. The van der Waals surface area contributed by atoms with Gasteiger partial charge in [-0.3, -0.25) is 9.59 Å². The van der Waals surface area contributed by atoms with Crippen molar-refractivity contribution in [1.82, 2.24) is 0 Å². The molecular weight excluding hydrogens is 396 g/mol. The number of rotatable bonds is 6. The molecule has 1 saturated heterocycles. The smallest absolute Gasteiger partial charge is 0.312 e. The second kappa shape index (κ2) is 9.29. The van der Waals surface area contributed by atoms with Gasteiger partial charge in [-0.1, -0.05) is 26.0 Å². The quantitative estimate of drug-likeness (QED) is 0.658. The average molecular weight is 433 g/mol. The van der Waals surface area contributed by atoms with Crippen molar-refractivity contribution in [2.24, 2.45) is 11.3 Å². The third kappa shape index (κ3) is 5.12. The highest BCUT2D eigenvalue weighted by Crippen LogP contribution is 2.45. The molecule has 1 fully saturated rings. The molecule has 0 bridgehead atoms. The molecule has 2 aliphatic rings. The van der Waals surface area contributed by atoms with Gasteiger partial charge in [0.05, 0.1) is 24.0 Å². The molecule has 0 saturated carbocycles. The lowest BCUT2D eigenvalue weighted by molar-refractivity contribution is -0.163. The fourth-order valence-electron chi connectivity index (χ4n) is 4.54. The zero-order valence-corrected chi connectivity index (χ0v) is 19.3. The van der Waals surface area contributed by atoms with Crippen LogP contribution in [0.1, 0.15) is 94.3 Å². The second-order valence-electron chi connectivity index (χ2n) is 9.90. The van der Waals surface area contributed by atoms with Gasteiger partial charge in [-0.15, -0.1) is 0 Å². The first kappa shape index (κ1) is 23.7. The summed E-state index contributed by atoms with van der Waals surface area (Å²) in [7, 11) is 0. The molecule has 1 aromatic carbocycles. The topological polar surface area (TPSA) is 93.1 Å². The molecule has 6 nitrogen and oxygen atoms in total. The van der Waals surface area contributed by atoms with E-state index in [4.69, 9.17) is 9.47 Å². The zero-order chi connectivity index (χ0) is 22.9. The highest BCUT2D eigenvalue weighted by Gasteiger charge is 2.38. The SMILES string of the molecule is CCC(C)(C)C(=O)O[C@H]1C[C@@H](C)[C@H](O)c2ccc(C)c(CC[C@@H]3C[C@@H](O)CC(=O)O3)c21. The summed E-state index contributed by atoms with van der Waals surface area (Å²) in [6.45, 7) is 9.73. The molecule has 1 heterocycles. The Morgan fingerprint density at radius 2 is 1.97 bits per heavy atom. The number of fused-ring (bicyclic) bond motifs is 1. The Kier molecular flexibility index (Phi) is 7.11. The molecule has 31 heavy (non-hydrogen) atoms. The van der Waals surface area contributed by atoms with Crippen LogP contribution in [0.5, 0.6) is 0 Å². The molecule has 0 aromatic heterocycles. The molecule has 1 aromatic rings. The number of aliphatic hydroxyl groups excluding tert-OH is 2. The minimum absolute atomic E-state index is 0.0277. The molecule has 1 aliphatic carbocycles. The van der Waals surface area contributed by atoms with Crippen molar-refractivity contribution in [3.8, 4) is 0 Å². The van der Waals surface area contributed by atoms with Gasteiger partial charge >= 0.3 is 11.9 Å². The Morgan fingerprint density at radius 3 is 2.61 bits per heavy atom. The van der Waals surface area contributed by atoms with Crippen molar-refractivity contribution in [3.05, 3.63) is 34.4 Å². The number of esters is 2. The molecule has 5 atom stereocenters. The van der Waals surface area contributed by atoms with E-state index in [1.54, 1.807) is 0 Å². The minimum Gasteiger partial charge on any atom is -0.462 e. The van der Waals surface area contributed by atoms with Crippen LogP contribution in [0.15, 0.2) is 12.1 Å². The van der Waals surface area contributed by atoms with Crippen LogP contribution in [0.3, 0.4) is 0 Å². The standard InChI is InChI=1S/C25H36O6/c1-6-25(4,5)24(29)31-20-11-15(3)23(28)19-9-7-14(2)18(22(19)20)10-8-17-12-16(26)13-21(27)30-17/h7,9,15-17,20,23,26,28H,6,8,10-13H2,1-5H3/t15-,16-,17-,20+,23+/m1/s1. The normalized spacial score (nSPS) is 28.6. The molecule has 2 N–H and O–H groups in total. The summed E-state index contributed by atoms with van der Waals surface area (Å²) >= 11 is 0. The van der Waals surface area contributed by atoms with Crippen LogP contribution in [0.25, 0.3) is 0 Å². The summed E-state index contributed by atoms with van der Waals surface area (Å²) in [5.74, 6) is -0.625. The van der Waals surface area contributed by atoms with Crippen LogP contribution in [0, 0.1) is 18.3 Å². The summed E-state index contributed by atoms with van der Waals surface area (Å²) in [6.07, 6.45) is 0.891. The highest BCUT2D eigenvalue weighted by molar-refractivity contribution is 5.76. The second-order valence-corrected chi connectivity index (χ2v) is 9.90. The van der Waals surface area contributed by atoms with Crippen LogP contribution in [0.4, 0.5) is 0 Å². The van der Waals surface area contributed by atoms with Gasteiger partial charge in [0.2, 0.25) is 0 Å². The third-order valence-corrected chi connectivity index (χ3v) is 7.03. The van der Waals surface area contributed by atoms with Crippen molar-refractivity contribution in [2.75, 3.05) is 0 Å². The van der Waals surface area contributed by atoms with Gasteiger partial charge < -0.3 is 19.7 Å². The molecule has 6 heteroatoms. The maximum atomic E-state index is 12.9. The molecule has 0 spiro atoms. The Hall–Kier alpha value is -1.92. The molecule has 1 aliphatic heterocycles. The van der Waals surface area contributed by atoms with Crippen molar-refractivity contribution in [2.45, 2.75) is 97.6 Å². The number of hydrogen-bond donors (Lipinski definition) is 2. The number of ether oxygens (including phenoxy) is 2. The molecular formula is C25H36O6. The number of hydrogen-bond acceptors (Lipinski definition) is 6. The maximum Gasteiger partial charge on any atom is 0.312 e. The number of carbonyl (C=O) groups is 2. The fraction of sp³-hybridized carbons (Fsp3) is 0.680. The lowest BCUT2D eigenvalue weighted by Gasteiger charge is -2.37. The van der Waals surface area contributed by atoms with Gasteiger partial charge in [-0.25, -0.2) is 0 Å². The van der Waals surface area contributed by atoms with Crippen molar-refractivity contribution >= 4 is 11.9 Å². The third-order valence-electron chi connectivity index (χ3n) is 7.03. The van der Waals surface area contributed by atoms with Crippen molar-refractivity contribution in [1.29, 1.82) is 0 Å². The molecule has 0 unspecified atom stereocenters. The Bertz CT molecular complexity index is 830. The van der Waals surface area contributed by atoms with E-state index >= 15 is 0 Å². The van der Waals surface area contributed by atoms with E-state index < -0.39 is 23.7 Å². The minimum atomic E-state index is -0.662. The summed E-state index contributed by atoms with van der Waals surface area (Å²) < 4.78 is 11.5. The van der Waals surface area contributed by atoms with Gasteiger partial charge in [0.15, 0.2) is 0 Å². The van der Waals surface area contributed by atoms with Crippen LogP contribution in [-0.2, 0) is 25.5 Å². The summed E-state index contributed by atoms with van der Waals surface area (Å²) in [4.78, 5) is 24.6. The first-order valence-corrected chi connectivity index (χ1v) is 11.4. The number of aryl methyl sites for hydroxylation is 1. The van der Waals surface area contributed by atoms with Gasteiger partial charge in [-0.2, -0.15) is 0 Å². The number of cyclic esters (lactones) is 1. The Labute approximate surface area is 184 Å². The van der Waals surface area contributed by atoms with E-state index in [2.05, 4.69) is 0 Å². The van der Waals surface area contributed by atoms with E-state index in [-0.39, 0.29) is 30.4 Å². The monoisotopic (exact) mass is 432 g/mol. The van der Waals surface area contributed by atoms with E-state index in [1.165, 1.54) is 0 Å². The lowest BCUT2D eigenvalue weighted by atomic mass is 9.76. The predicted molar refractivity (Wildman–Crippen MR) is 116 cm³/mol. The van der Waals surface area contributed by atoms with E-state index in [9.17, 15) is 19.8 Å². The van der Waals surface area contributed by atoms with Gasteiger partial charge in [0, 0.05) is 12.0 Å². The average Bonchev–Trinajstić information content (AvgIpc) is 2.69. The van der Waals surface area contributed by atoms with Crippen molar-refractivity contribution < 1.29 is 29.3 Å². The van der Waals surface area contributed by atoms with E-state index in [1.807, 2.05) is 46.8 Å². The molecule has 0 radical (unpaired) electrons. The van der Waals surface area contributed by atoms with Crippen molar-refractivity contribution in [3.63, 3.8) is 0 Å². The number of carbonyl (C=O) groups excluding carboxylic acids is 2. The summed E-state index contributed by atoms with van der Waals surface area (Å²) in [5.41, 5.74) is 3.22. The number of aliphatic hydroxyl groups is 2. The van der Waals surface area contributed by atoms with Crippen LogP contribution in [0.2, 0.25) is 0 Å². The first-order valence-electron chi connectivity index (χ1n) is 11.4. The van der Waals surface area contributed by atoms with Gasteiger partial charge in [0.25, 0.3) is 0 Å². The van der Waals surface area contributed by atoms with Crippen LogP contribution in [-0.4, -0.2) is 34.4 Å². The first-order chi connectivity index (χ1) is 14.5. The van der Waals surface area contributed by atoms with Crippen LogP contribution >= 0.6 is 0 Å². The Morgan fingerprint density at radius 1 is 1.26 bits per heavy atom. The predicted octanol–water partition coefficient (Wildman–Crippen LogP) is 4.09. The zero-order valence-electron chi connectivity index (χ0n) is 19.3.